The second kappa shape index (κ2) is 9.57. The highest BCUT2D eigenvalue weighted by Crippen LogP contribution is 2.44. The summed E-state index contributed by atoms with van der Waals surface area (Å²) in [6, 6.07) is -0.568. The molecule has 0 aliphatic heterocycles. The number of benzene rings is 2. The molecule has 200 valence electrons. The lowest BCUT2D eigenvalue weighted by Gasteiger charge is -2.13. The number of halogens is 12. The van der Waals surface area contributed by atoms with Crippen LogP contribution < -0.4 is 11.5 Å². The Morgan fingerprint density at radius 3 is 1.33 bits per heavy atom. The normalized spacial score (nSPS) is 12.6. The van der Waals surface area contributed by atoms with Crippen LogP contribution >= 0.6 is 0 Å². The fraction of sp³-hybridized carbons (Fsp3) is 0.250. The smallest absolute Gasteiger partial charge is 0.398 e. The Labute approximate surface area is 189 Å². The Morgan fingerprint density at radius 1 is 0.556 bits per heavy atom. The maximum Gasteiger partial charge on any atom is 0.423 e. The van der Waals surface area contributed by atoms with Gasteiger partial charge in [0, 0.05) is 11.8 Å². The van der Waals surface area contributed by atoms with Crippen LogP contribution in [0.1, 0.15) is 22.3 Å². The summed E-state index contributed by atoms with van der Waals surface area (Å²) in [6.45, 7) is 0. The van der Waals surface area contributed by atoms with E-state index in [4.69, 9.17) is 11.5 Å². The standard InChI is InChI=1S/2C8H4F6N2O2/c9-7(10,11)3-2-6(16(17)18)4(1-5(3)15)8(12,13)14;9-7(10,11)3-1-4(8(12,13)14)6(16(17)18)5(15)2-3/h2*1-2H,15H2. The lowest BCUT2D eigenvalue weighted by Crippen LogP contribution is -2.15. The topological polar surface area (TPSA) is 138 Å². The molecule has 0 aliphatic rings. The summed E-state index contributed by atoms with van der Waals surface area (Å²) >= 11 is 0. The van der Waals surface area contributed by atoms with Gasteiger partial charge in [-0.25, -0.2) is 0 Å². The van der Waals surface area contributed by atoms with E-state index in [1.54, 1.807) is 0 Å². The molecule has 0 aliphatic carbocycles. The monoisotopic (exact) mass is 548 g/mol. The van der Waals surface area contributed by atoms with Gasteiger partial charge >= 0.3 is 30.4 Å². The molecule has 0 saturated carbocycles. The number of hydrogen-bond acceptors (Lipinski definition) is 6. The number of nitro benzene ring substituents is 2. The van der Waals surface area contributed by atoms with Crippen LogP contribution in [-0.2, 0) is 24.7 Å². The number of hydrogen-bond donors (Lipinski definition) is 2. The molecule has 0 fully saturated rings. The van der Waals surface area contributed by atoms with Gasteiger partial charge in [-0.05, 0) is 18.2 Å². The van der Waals surface area contributed by atoms with E-state index in [9.17, 15) is 72.9 Å². The number of alkyl halides is 12. The fourth-order valence-corrected chi connectivity index (χ4v) is 2.47. The van der Waals surface area contributed by atoms with E-state index in [1.807, 2.05) is 0 Å². The predicted octanol–water partition coefficient (Wildman–Crippen LogP) is 6.43. The lowest BCUT2D eigenvalue weighted by molar-refractivity contribution is -0.388. The van der Waals surface area contributed by atoms with Gasteiger partial charge in [-0.2, -0.15) is 52.7 Å². The first-order valence-corrected chi connectivity index (χ1v) is 8.33. The molecule has 0 heterocycles. The Hall–Kier alpha value is -4.00. The van der Waals surface area contributed by atoms with Crippen molar-refractivity contribution < 1.29 is 62.5 Å². The SMILES string of the molecule is Nc1cc(C(F)(F)F)c([N+](=O)[O-])cc1C(F)(F)F.Nc1cc(C(F)(F)F)cc(C(F)(F)F)c1[N+](=O)[O-]. The maximum absolute atomic E-state index is 12.4. The van der Waals surface area contributed by atoms with Gasteiger partial charge in [0.05, 0.1) is 21.0 Å². The number of anilines is 2. The number of nitro groups is 2. The molecule has 36 heavy (non-hydrogen) atoms. The molecular formula is C16H8F12N4O4. The lowest BCUT2D eigenvalue weighted by atomic mass is 10.1. The number of nitrogens with zero attached hydrogens (tertiary/aromatic N) is 2. The van der Waals surface area contributed by atoms with Crippen LogP contribution in [0.25, 0.3) is 0 Å². The number of nitrogen functional groups attached to an aromatic ring is 2. The second-order valence-electron chi connectivity index (χ2n) is 6.42. The Bertz CT molecular complexity index is 1170. The summed E-state index contributed by atoms with van der Waals surface area (Å²) in [7, 11) is 0. The van der Waals surface area contributed by atoms with E-state index in [1.165, 1.54) is 0 Å². The van der Waals surface area contributed by atoms with Gasteiger partial charge in [0.1, 0.15) is 16.8 Å². The number of nitrogens with two attached hydrogens (primary N) is 2. The minimum atomic E-state index is -5.31. The Morgan fingerprint density at radius 2 is 1.00 bits per heavy atom. The van der Waals surface area contributed by atoms with Crippen molar-refractivity contribution in [2.45, 2.75) is 24.7 Å². The maximum atomic E-state index is 12.4. The molecule has 0 aromatic heterocycles. The molecule has 0 radical (unpaired) electrons. The van der Waals surface area contributed by atoms with E-state index in [2.05, 4.69) is 0 Å². The van der Waals surface area contributed by atoms with Crippen LogP contribution in [0.4, 0.5) is 75.4 Å². The highest BCUT2D eigenvalue weighted by molar-refractivity contribution is 5.65. The molecule has 20 heteroatoms. The average molecular weight is 548 g/mol. The molecule has 0 saturated heterocycles. The zero-order valence-electron chi connectivity index (χ0n) is 16.5. The summed E-state index contributed by atoms with van der Waals surface area (Å²) in [5.74, 6) is 0. The first-order chi connectivity index (χ1) is 15.9. The first-order valence-electron chi connectivity index (χ1n) is 8.33. The highest BCUT2D eigenvalue weighted by atomic mass is 19.4. The zero-order valence-corrected chi connectivity index (χ0v) is 16.5. The van der Waals surface area contributed by atoms with Crippen molar-refractivity contribution in [3.63, 3.8) is 0 Å². The molecule has 0 bridgehead atoms. The van der Waals surface area contributed by atoms with Crippen molar-refractivity contribution in [1.29, 1.82) is 0 Å². The van der Waals surface area contributed by atoms with E-state index < -0.39 is 79.6 Å². The van der Waals surface area contributed by atoms with Crippen molar-refractivity contribution in [2.75, 3.05) is 11.5 Å². The first kappa shape index (κ1) is 30.0. The number of rotatable bonds is 2. The molecule has 8 nitrogen and oxygen atoms in total. The molecule has 2 aromatic rings. The summed E-state index contributed by atoms with van der Waals surface area (Å²) < 4.78 is 148. The van der Waals surface area contributed by atoms with E-state index >= 15 is 0 Å². The van der Waals surface area contributed by atoms with Gasteiger partial charge < -0.3 is 11.5 Å². The molecule has 2 rings (SSSR count). The van der Waals surface area contributed by atoms with Gasteiger partial charge in [0.25, 0.3) is 5.69 Å². The largest absolute Gasteiger partial charge is 0.423 e. The fourth-order valence-electron chi connectivity index (χ4n) is 2.47. The molecule has 2 aromatic carbocycles. The van der Waals surface area contributed by atoms with Gasteiger partial charge in [-0.3, -0.25) is 20.2 Å². The van der Waals surface area contributed by atoms with Gasteiger partial charge in [-0.15, -0.1) is 0 Å². The van der Waals surface area contributed by atoms with Crippen LogP contribution in [0.3, 0.4) is 0 Å². The highest BCUT2D eigenvalue weighted by Gasteiger charge is 2.44. The van der Waals surface area contributed by atoms with Crippen molar-refractivity contribution in [2.24, 2.45) is 0 Å². The van der Waals surface area contributed by atoms with Crippen LogP contribution in [0.15, 0.2) is 24.3 Å². The van der Waals surface area contributed by atoms with Crippen LogP contribution in [0.5, 0.6) is 0 Å². The Kier molecular flexibility index (Phi) is 7.98. The molecular weight excluding hydrogens is 540 g/mol. The summed E-state index contributed by atoms with van der Waals surface area (Å²) in [6.07, 6.45) is -20.6. The summed E-state index contributed by atoms with van der Waals surface area (Å²) in [4.78, 5) is 17.7. The zero-order chi connectivity index (χ0) is 28.6. The minimum Gasteiger partial charge on any atom is -0.398 e. The molecule has 0 unspecified atom stereocenters. The molecule has 4 N–H and O–H groups in total. The summed E-state index contributed by atoms with van der Waals surface area (Å²) in [5, 5.41) is 20.8. The van der Waals surface area contributed by atoms with E-state index in [0.29, 0.717) is 0 Å². The summed E-state index contributed by atoms with van der Waals surface area (Å²) in [5.41, 5.74) is -3.21. The third-order valence-electron chi connectivity index (χ3n) is 3.93. The van der Waals surface area contributed by atoms with Gasteiger partial charge in [0.15, 0.2) is 0 Å². The molecule has 0 spiro atoms. The minimum absolute atomic E-state index is 0.0906. The van der Waals surface area contributed by atoms with Crippen LogP contribution in [0, 0.1) is 20.2 Å². The van der Waals surface area contributed by atoms with Gasteiger partial charge in [-0.1, -0.05) is 0 Å². The van der Waals surface area contributed by atoms with Crippen LogP contribution in [-0.4, -0.2) is 9.85 Å². The Balaban J connectivity index is 0.000000360. The third-order valence-corrected chi connectivity index (χ3v) is 3.93. The van der Waals surface area contributed by atoms with Crippen molar-refractivity contribution in [1.82, 2.24) is 0 Å². The second-order valence-corrected chi connectivity index (χ2v) is 6.42. The average Bonchev–Trinajstić information content (AvgIpc) is 2.63. The molecule has 0 amide bonds. The van der Waals surface area contributed by atoms with Gasteiger partial charge in [0.2, 0.25) is 0 Å². The third kappa shape index (κ3) is 7.01. The quantitative estimate of drug-likeness (QED) is 0.192. The molecule has 0 atom stereocenters. The van der Waals surface area contributed by atoms with Crippen molar-refractivity contribution in [3.8, 4) is 0 Å². The predicted molar refractivity (Wildman–Crippen MR) is 95.0 cm³/mol. The van der Waals surface area contributed by atoms with Crippen molar-refractivity contribution >= 4 is 22.7 Å². The van der Waals surface area contributed by atoms with E-state index in [-0.39, 0.29) is 24.3 Å². The van der Waals surface area contributed by atoms with E-state index in [0.717, 1.165) is 0 Å². The van der Waals surface area contributed by atoms with Crippen LogP contribution in [0.2, 0.25) is 0 Å². The van der Waals surface area contributed by atoms with Crippen molar-refractivity contribution in [3.05, 3.63) is 66.7 Å².